The number of hydrogen-bond acceptors (Lipinski definition) is 7. The van der Waals surface area contributed by atoms with Crippen LogP contribution in [0.15, 0.2) is 54.1 Å². The Morgan fingerprint density at radius 3 is 2.80 bits per heavy atom. The molecule has 0 spiro atoms. The zero-order valence-electron chi connectivity index (χ0n) is 13.1. The summed E-state index contributed by atoms with van der Waals surface area (Å²) in [6.45, 7) is 0. The van der Waals surface area contributed by atoms with Crippen molar-refractivity contribution < 1.29 is 14.7 Å². The summed E-state index contributed by atoms with van der Waals surface area (Å²) in [6.07, 6.45) is 4.25. The first kappa shape index (κ1) is 15.9. The molecule has 2 aliphatic heterocycles. The van der Waals surface area contributed by atoms with E-state index in [0.29, 0.717) is 5.82 Å². The van der Waals surface area contributed by atoms with Gasteiger partial charge in [-0.25, -0.2) is 4.98 Å². The fourth-order valence-electron chi connectivity index (χ4n) is 3.18. The van der Waals surface area contributed by atoms with Crippen LogP contribution < -0.4 is 10.7 Å². The summed E-state index contributed by atoms with van der Waals surface area (Å²) >= 11 is 1.44. The maximum Gasteiger partial charge on any atom is 0.246 e. The van der Waals surface area contributed by atoms with Crippen LogP contribution in [-0.4, -0.2) is 39.0 Å². The van der Waals surface area contributed by atoms with Gasteiger partial charge in [-0.3, -0.25) is 14.9 Å². The van der Waals surface area contributed by atoms with Crippen molar-refractivity contribution in [1.29, 1.82) is 0 Å². The predicted octanol–water partition coefficient (Wildman–Crippen LogP) is 1.09. The standard InChI is InChI=1S/C17H16N4O3S/c22-15(12-4-3-9-25-12)11-7-6-10-14(17(24)19-16(10)23)21(11)20-13-5-1-2-8-18-13/h1-11,14-15,22H,(H,18,20)(H,19,23,24). The number of carbonyl (C=O) groups excluding carboxylic acids is 2. The fraction of sp³-hybridized carbons (Fsp3) is 0.235. The summed E-state index contributed by atoms with van der Waals surface area (Å²) in [4.78, 5) is 29.3. The third kappa shape index (κ3) is 2.84. The number of pyridine rings is 1. The zero-order valence-corrected chi connectivity index (χ0v) is 13.9. The normalized spacial score (nSPS) is 27.0. The number of hydrogen-bond donors (Lipinski definition) is 3. The highest BCUT2D eigenvalue weighted by molar-refractivity contribution is 7.10. The number of aromatic nitrogens is 1. The van der Waals surface area contributed by atoms with Crippen molar-refractivity contribution in [3.63, 3.8) is 0 Å². The van der Waals surface area contributed by atoms with Gasteiger partial charge in [-0.05, 0) is 23.6 Å². The smallest absolute Gasteiger partial charge is 0.246 e. The van der Waals surface area contributed by atoms with Crippen LogP contribution in [0, 0.1) is 5.92 Å². The number of aliphatic hydroxyl groups is 1. The lowest BCUT2D eigenvalue weighted by molar-refractivity contribution is -0.126. The van der Waals surface area contributed by atoms with Crippen LogP contribution in [0.1, 0.15) is 11.0 Å². The molecular formula is C17H16N4O3S. The Morgan fingerprint density at radius 1 is 1.20 bits per heavy atom. The third-order valence-corrected chi connectivity index (χ3v) is 5.30. The summed E-state index contributed by atoms with van der Waals surface area (Å²) in [5.74, 6) is -0.767. The maximum atomic E-state index is 12.3. The number of nitrogens with one attached hydrogen (secondary N) is 2. The summed E-state index contributed by atoms with van der Waals surface area (Å²) in [6, 6.07) is 7.81. The molecule has 8 heteroatoms. The van der Waals surface area contributed by atoms with E-state index >= 15 is 0 Å². The molecular weight excluding hydrogens is 340 g/mol. The molecule has 4 atom stereocenters. The number of nitrogens with zero attached hydrogens (tertiary/aromatic N) is 2. The number of hydrazine groups is 1. The second kappa shape index (κ2) is 6.40. The van der Waals surface area contributed by atoms with Gasteiger partial charge in [0.25, 0.3) is 0 Å². The number of thiophene rings is 1. The van der Waals surface area contributed by atoms with E-state index in [2.05, 4.69) is 15.7 Å². The van der Waals surface area contributed by atoms with E-state index < -0.39 is 24.1 Å². The summed E-state index contributed by atoms with van der Waals surface area (Å²) < 4.78 is 0. The number of amides is 2. The van der Waals surface area contributed by atoms with Crippen LogP contribution in [0.4, 0.5) is 5.82 Å². The number of rotatable bonds is 4. The molecule has 0 radical (unpaired) electrons. The SMILES string of the molecule is O=C1NC(=O)C2C1C=CC(C(O)c1cccs1)N2Nc1ccccn1. The molecule has 4 rings (SSSR count). The molecule has 0 aliphatic carbocycles. The first-order valence-corrected chi connectivity index (χ1v) is 8.73. The van der Waals surface area contributed by atoms with Gasteiger partial charge in [0.1, 0.15) is 18.0 Å². The van der Waals surface area contributed by atoms with Crippen molar-refractivity contribution in [3.05, 3.63) is 58.9 Å². The van der Waals surface area contributed by atoms with Crippen LogP contribution in [0.25, 0.3) is 0 Å². The molecule has 1 fully saturated rings. The van der Waals surface area contributed by atoms with Crippen molar-refractivity contribution in [2.24, 2.45) is 5.92 Å². The lowest BCUT2D eigenvalue weighted by Gasteiger charge is -2.40. The molecule has 4 heterocycles. The van der Waals surface area contributed by atoms with E-state index in [0.717, 1.165) is 4.88 Å². The Hall–Kier alpha value is -2.55. The van der Waals surface area contributed by atoms with Crippen LogP contribution in [0.2, 0.25) is 0 Å². The highest BCUT2D eigenvalue weighted by atomic mass is 32.1. The largest absolute Gasteiger partial charge is 0.386 e. The van der Waals surface area contributed by atoms with Crippen LogP contribution in [0.5, 0.6) is 0 Å². The minimum atomic E-state index is -0.836. The third-order valence-electron chi connectivity index (χ3n) is 4.36. The number of imide groups is 1. The maximum absolute atomic E-state index is 12.3. The minimum absolute atomic E-state index is 0.330. The van der Waals surface area contributed by atoms with Crippen molar-refractivity contribution in [2.75, 3.05) is 5.43 Å². The lowest BCUT2D eigenvalue weighted by Crippen LogP contribution is -2.55. The number of carbonyl (C=O) groups is 2. The Bertz CT molecular complexity index is 809. The molecule has 2 aliphatic rings. The average Bonchev–Trinajstić information content (AvgIpc) is 3.24. The molecule has 128 valence electrons. The summed E-state index contributed by atoms with van der Waals surface area (Å²) in [7, 11) is 0. The average molecular weight is 356 g/mol. The summed E-state index contributed by atoms with van der Waals surface area (Å²) in [5.41, 5.74) is 3.10. The molecule has 7 nitrogen and oxygen atoms in total. The molecule has 1 saturated heterocycles. The molecule has 0 saturated carbocycles. The number of anilines is 1. The van der Waals surface area contributed by atoms with Gasteiger partial charge in [-0.15, -0.1) is 11.3 Å². The van der Waals surface area contributed by atoms with E-state index in [-0.39, 0.29) is 11.8 Å². The van der Waals surface area contributed by atoms with Crippen LogP contribution in [-0.2, 0) is 9.59 Å². The van der Waals surface area contributed by atoms with E-state index in [4.69, 9.17) is 0 Å². The van der Waals surface area contributed by atoms with E-state index in [1.807, 2.05) is 23.6 Å². The van der Waals surface area contributed by atoms with Crippen LogP contribution in [0.3, 0.4) is 0 Å². The van der Waals surface area contributed by atoms with Crippen molar-refractivity contribution in [3.8, 4) is 0 Å². The highest BCUT2D eigenvalue weighted by Crippen LogP contribution is 2.34. The van der Waals surface area contributed by atoms with Gasteiger partial charge in [-0.2, -0.15) is 5.01 Å². The minimum Gasteiger partial charge on any atom is -0.386 e. The second-order valence-electron chi connectivity index (χ2n) is 5.89. The second-order valence-corrected chi connectivity index (χ2v) is 6.87. The van der Waals surface area contributed by atoms with Gasteiger partial charge in [0.2, 0.25) is 11.8 Å². The van der Waals surface area contributed by atoms with Gasteiger partial charge in [-0.1, -0.05) is 24.3 Å². The quantitative estimate of drug-likeness (QED) is 0.561. The first-order valence-electron chi connectivity index (χ1n) is 7.85. The fourth-order valence-corrected chi connectivity index (χ4v) is 3.93. The number of fused-ring (bicyclic) bond motifs is 1. The zero-order chi connectivity index (χ0) is 17.4. The Labute approximate surface area is 148 Å². The van der Waals surface area contributed by atoms with Crippen molar-refractivity contribution in [1.82, 2.24) is 15.3 Å². The molecule has 2 aromatic rings. The topological polar surface area (TPSA) is 94.6 Å². The molecule has 0 bridgehead atoms. The van der Waals surface area contributed by atoms with Crippen LogP contribution >= 0.6 is 11.3 Å². The van der Waals surface area contributed by atoms with Gasteiger partial charge < -0.3 is 10.5 Å². The number of aliphatic hydroxyl groups excluding tert-OH is 1. The molecule has 3 N–H and O–H groups in total. The Morgan fingerprint density at radius 2 is 2.08 bits per heavy atom. The van der Waals surface area contributed by atoms with Gasteiger partial charge in [0.15, 0.2) is 0 Å². The van der Waals surface area contributed by atoms with E-state index in [1.165, 1.54) is 11.3 Å². The van der Waals surface area contributed by atoms with E-state index in [1.54, 1.807) is 35.5 Å². The predicted molar refractivity (Wildman–Crippen MR) is 92.3 cm³/mol. The van der Waals surface area contributed by atoms with Gasteiger partial charge in [0.05, 0.1) is 12.0 Å². The van der Waals surface area contributed by atoms with Gasteiger partial charge in [0, 0.05) is 11.1 Å². The Kier molecular flexibility index (Phi) is 4.08. The van der Waals surface area contributed by atoms with Gasteiger partial charge >= 0.3 is 0 Å². The highest BCUT2D eigenvalue weighted by Gasteiger charge is 2.49. The molecule has 4 unspecified atom stereocenters. The lowest BCUT2D eigenvalue weighted by atomic mass is 9.92. The molecule has 2 amide bonds. The Balaban J connectivity index is 1.71. The molecule has 2 aromatic heterocycles. The first-order chi connectivity index (χ1) is 12.1. The van der Waals surface area contributed by atoms with Crippen molar-refractivity contribution >= 4 is 29.0 Å². The monoisotopic (exact) mass is 356 g/mol. The molecule has 0 aromatic carbocycles. The molecule has 25 heavy (non-hydrogen) atoms. The summed E-state index contributed by atoms with van der Waals surface area (Å²) in [5, 5.41) is 16.7. The van der Waals surface area contributed by atoms with E-state index in [9.17, 15) is 14.7 Å². The van der Waals surface area contributed by atoms with Crippen molar-refractivity contribution in [2.45, 2.75) is 18.2 Å².